The fourth-order valence-electron chi connectivity index (χ4n) is 0.221. The van der Waals surface area contributed by atoms with E-state index in [0.29, 0.717) is 0 Å². The molecular weight excluding hydrogens is 98.1 g/mol. The summed E-state index contributed by atoms with van der Waals surface area (Å²) in [6.45, 7) is 6.92. The maximum Gasteiger partial charge on any atom is 0.0267 e. The normalized spacial score (nSPS) is 10.5. The van der Waals surface area contributed by atoms with Crippen LogP contribution < -0.4 is 0 Å². The summed E-state index contributed by atoms with van der Waals surface area (Å²) in [5.74, 6) is 0. The first kappa shape index (κ1) is 6.89. The third-order valence-corrected chi connectivity index (χ3v) is 0.500. The van der Waals surface area contributed by atoms with Gasteiger partial charge in [-0.15, -0.1) is 0 Å². The summed E-state index contributed by atoms with van der Waals surface area (Å²) in [6, 6.07) is 0. The van der Waals surface area contributed by atoms with Gasteiger partial charge in [-0.25, -0.2) is 0 Å². The Morgan fingerprint density at radius 1 is 1.12 bits per heavy atom. The fourth-order valence-corrected chi connectivity index (χ4v) is 0.221. The second-order valence-electron chi connectivity index (χ2n) is 1.11. The van der Waals surface area contributed by atoms with E-state index in [1.165, 1.54) is 0 Å². The van der Waals surface area contributed by atoms with Gasteiger partial charge in [0, 0.05) is 12.4 Å². The van der Waals surface area contributed by atoms with Crippen LogP contribution in [0.4, 0.5) is 0 Å². The van der Waals surface area contributed by atoms with Crippen LogP contribution in [0.2, 0.25) is 0 Å². The van der Waals surface area contributed by atoms with Gasteiger partial charge in [-0.2, -0.15) is 0 Å². The molecule has 0 fully saturated rings. The second-order valence-corrected chi connectivity index (χ2v) is 1.11. The first-order valence-corrected chi connectivity index (χ1v) is 2.33. The molecular formula is C7H9N. The molecule has 0 spiro atoms. The summed E-state index contributed by atoms with van der Waals surface area (Å²) < 4.78 is 0. The quantitative estimate of drug-likeness (QED) is 0.386. The lowest BCUT2D eigenvalue weighted by Gasteiger charge is -1.68. The Labute approximate surface area is 49.8 Å². The average molecular weight is 107 g/mol. The number of hydrogen-bond donors (Lipinski definition) is 0. The Morgan fingerprint density at radius 2 is 1.88 bits per heavy atom. The molecule has 1 heteroatoms. The summed E-state index contributed by atoms with van der Waals surface area (Å²) in [7, 11) is 0. The predicted octanol–water partition coefficient (Wildman–Crippen LogP) is 1.94. The van der Waals surface area contributed by atoms with Crippen molar-refractivity contribution >= 4 is 6.21 Å². The van der Waals surface area contributed by atoms with Crippen molar-refractivity contribution in [2.24, 2.45) is 4.99 Å². The van der Waals surface area contributed by atoms with Gasteiger partial charge < -0.3 is 0 Å². The Bertz CT molecular complexity index is 104. The van der Waals surface area contributed by atoms with E-state index in [-0.39, 0.29) is 0 Å². The molecule has 8 heavy (non-hydrogen) atoms. The maximum atomic E-state index is 3.78. The van der Waals surface area contributed by atoms with Crippen molar-refractivity contribution in [2.75, 3.05) is 0 Å². The van der Waals surface area contributed by atoms with E-state index in [9.17, 15) is 0 Å². The van der Waals surface area contributed by atoms with Gasteiger partial charge in [0.05, 0.1) is 0 Å². The minimum atomic E-state index is 1.61. The molecule has 0 rings (SSSR count). The summed E-state index contributed by atoms with van der Waals surface area (Å²) in [5, 5.41) is 0. The molecule has 0 saturated heterocycles. The molecule has 0 aliphatic heterocycles. The molecule has 1 nitrogen and oxygen atoms in total. The van der Waals surface area contributed by atoms with Crippen molar-refractivity contribution in [3.63, 3.8) is 0 Å². The minimum absolute atomic E-state index is 1.61. The molecule has 0 aromatic rings. The average Bonchev–Trinajstić information content (AvgIpc) is 1.81. The zero-order chi connectivity index (χ0) is 6.24. The highest BCUT2D eigenvalue weighted by molar-refractivity contribution is 5.70. The van der Waals surface area contributed by atoms with Crippen LogP contribution in [0.3, 0.4) is 0 Å². The zero-order valence-corrected chi connectivity index (χ0v) is 4.75. The third-order valence-electron chi connectivity index (χ3n) is 0.500. The Balaban J connectivity index is 3.41. The van der Waals surface area contributed by atoms with Crippen LogP contribution in [-0.4, -0.2) is 6.21 Å². The predicted molar refractivity (Wildman–Crippen MR) is 38.0 cm³/mol. The lowest BCUT2D eigenvalue weighted by molar-refractivity contribution is 1.60. The van der Waals surface area contributed by atoms with Crippen LogP contribution in [-0.2, 0) is 0 Å². The van der Waals surface area contributed by atoms with Crippen molar-refractivity contribution < 1.29 is 0 Å². The molecule has 0 amide bonds. The monoisotopic (exact) mass is 107 g/mol. The van der Waals surface area contributed by atoms with Crippen LogP contribution >= 0.6 is 0 Å². The van der Waals surface area contributed by atoms with E-state index >= 15 is 0 Å². The summed E-state index contributed by atoms with van der Waals surface area (Å²) in [6.07, 6.45) is 8.29. The summed E-state index contributed by atoms with van der Waals surface area (Å²) >= 11 is 0. The van der Waals surface area contributed by atoms with Crippen LogP contribution in [0.15, 0.2) is 42.6 Å². The van der Waals surface area contributed by atoms with E-state index in [0.717, 1.165) is 0 Å². The minimum Gasteiger partial charge on any atom is -0.265 e. The van der Waals surface area contributed by atoms with E-state index in [1.54, 1.807) is 30.6 Å². The van der Waals surface area contributed by atoms with Crippen LogP contribution in [0.1, 0.15) is 0 Å². The van der Waals surface area contributed by atoms with E-state index < -0.39 is 0 Å². The molecule has 0 N–H and O–H groups in total. The third kappa shape index (κ3) is 4.89. The molecule has 0 atom stereocenters. The van der Waals surface area contributed by atoms with Gasteiger partial charge in [-0.1, -0.05) is 25.3 Å². The largest absolute Gasteiger partial charge is 0.265 e. The van der Waals surface area contributed by atoms with Gasteiger partial charge >= 0.3 is 0 Å². The highest BCUT2D eigenvalue weighted by Crippen LogP contribution is 1.72. The van der Waals surface area contributed by atoms with Gasteiger partial charge in [0.2, 0.25) is 0 Å². The maximum absolute atomic E-state index is 3.78. The molecule has 0 aromatic carbocycles. The lowest BCUT2D eigenvalue weighted by Crippen LogP contribution is -1.55. The van der Waals surface area contributed by atoms with Crippen molar-refractivity contribution in [3.8, 4) is 0 Å². The number of aliphatic imine (C=N–C) groups is 1. The van der Waals surface area contributed by atoms with E-state index in [1.807, 2.05) is 0 Å². The molecule has 0 aromatic heterocycles. The SMILES string of the molecule is C=C/C=C\N=C/C=C. The Kier molecular flexibility index (Phi) is 5.07. The molecule has 0 aliphatic carbocycles. The van der Waals surface area contributed by atoms with Gasteiger partial charge in [0.15, 0.2) is 0 Å². The summed E-state index contributed by atoms with van der Waals surface area (Å²) in [5.41, 5.74) is 0. The second kappa shape index (κ2) is 5.89. The van der Waals surface area contributed by atoms with E-state index in [4.69, 9.17) is 0 Å². The first-order valence-electron chi connectivity index (χ1n) is 2.33. The van der Waals surface area contributed by atoms with Crippen molar-refractivity contribution in [1.29, 1.82) is 0 Å². The smallest absolute Gasteiger partial charge is 0.0267 e. The highest BCUT2D eigenvalue weighted by atomic mass is 14.6. The molecule has 0 heterocycles. The number of allylic oxidation sites excluding steroid dienone is 3. The first-order chi connectivity index (χ1) is 3.91. The molecule has 0 aliphatic rings. The van der Waals surface area contributed by atoms with Crippen LogP contribution in [0.25, 0.3) is 0 Å². The lowest BCUT2D eigenvalue weighted by atomic mass is 10.6. The summed E-state index contributed by atoms with van der Waals surface area (Å²) in [4.78, 5) is 3.78. The zero-order valence-electron chi connectivity index (χ0n) is 4.75. The van der Waals surface area contributed by atoms with Crippen LogP contribution in [0, 0.1) is 0 Å². The van der Waals surface area contributed by atoms with Gasteiger partial charge in [-0.05, 0) is 6.08 Å². The van der Waals surface area contributed by atoms with Crippen molar-refractivity contribution in [1.82, 2.24) is 0 Å². The number of hydrogen-bond acceptors (Lipinski definition) is 1. The molecule has 0 radical (unpaired) electrons. The standard InChI is InChI=1S/C7H9N/c1-3-5-7-8-6-4-2/h3-7H,1-2H2/b7-5-,8-6-. The topological polar surface area (TPSA) is 12.4 Å². The molecule has 0 saturated carbocycles. The fraction of sp³-hybridized carbons (Fsp3) is 0. The van der Waals surface area contributed by atoms with E-state index in [2.05, 4.69) is 18.2 Å². The Hall–Kier alpha value is -1.11. The van der Waals surface area contributed by atoms with Gasteiger partial charge in [0.1, 0.15) is 0 Å². The number of nitrogens with zero attached hydrogens (tertiary/aromatic N) is 1. The molecule has 0 bridgehead atoms. The van der Waals surface area contributed by atoms with Crippen molar-refractivity contribution in [3.05, 3.63) is 37.6 Å². The molecule has 0 unspecified atom stereocenters. The Morgan fingerprint density at radius 3 is 2.38 bits per heavy atom. The van der Waals surface area contributed by atoms with Gasteiger partial charge in [0.25, 0.3) is 0 Å². The van der Waals surface area contributed by atoms with Crippen LogP contribution in [0.5, 0.6) is 0 Å². The van der Waals surface area contributed by atoms with Gasteiger partial charge in [-0.3, -0.25) is 4.99 Å². The highest BCUT2D eigenvalue weighted by Gasteiger charge is 1.54. The van der Waals surface area contributed by atoms with Crippen molar-refractivity contribution in [2.45, 2.75) is 0 Å². The molecule has 42 valence electrons. The number of rotatable bonds is 3.